The van der Waals surface area contributed by atoms with Crippen LogP contribution in [0.15, 0.2) is 48.5 Å². The first-order chi connectivity index (χ1) is 12.5. The van der Waals surface area contributed by atoms with Gasteiger partial charge in [0.15, 0.2) is 6.10 Å². The van der Waals surface area contributed by atoms with Gasteiger partial charge in [-0.15, -0.1) is 0 Å². The van der Waals surface area contributed by atoms with Gasteiger partial charge in [0.25, 0.3) is 5.91 Å². The third kappa shape index (κ3) is 5.88. The molecule has 0 spiro atoms. The van der Waals surface area contributed by atoms with Crippen LogP contribution in [0.25, 0.3) is 0 Å². The Balaban J connectivity index is 1.83. The number of benzene rings is 2. The van der Waals surface area contributed by atoms with Crippen LogP contribution in [0.3, 0.4) is 0 Å². The summed E-state index contributed by atoms with van der Waals surface area (Å²) in [5.41, 5.74) is 1.09. The quantitative estimate of drug-likeness (QED) is 0.733. The molecule has 0 heterocycles. The van der Waals surface area contributed by atoms with Crippen molar-refractivity contribution in [2.75, 3.05) is 6.61 Å². The first kappa shape index (κ1) is 19.4. The zero-order valence-corrected chi connectivity index (χ0v) is 14.8. The summed E-state index contributed by atoms with van der Waals surface area (Å²) >= 11 is 0. The van der Waals surface area contributed by atoms with Gasteiger partial charge in [0.2, 0.25) is 0 Å². The van der Waals surface area contributed by atoms with E-state index in [0.717, 1.165) is 12.0 Å². The third-order valence-electron chi connectivity index (χ3n) is 3.60. The highest BCUT2D eigenvalue weighted by Gasteiger charge is 2.18. The summed E-state index contributed by atoms with van der Waals surface area (Å²) in [5.74, 6) is -0.677. The van der Waals surface area contributed by atoms with E-state index in [1.807, 2.05) is 6.92 Å². The number of carbonyl (C=O) groups is 2. The number of carbonyl (C=O) groups excluding carboxylic acids is 2. The highest BCUT2D eigenvalue weighted by atomic mass is 19.1. The lowest BCUT2D eigenvalue weighted by Gasteiger charge is -2.14. The van der Waals surface area contributed by atoms with E-state index >= 15 is 0 Å². The zero-order valence-electron chi connectivity index (χ0n) is 14.8. The van der Waals surface area contributed by atoms with Crippen molar-refractivity contribution in [1.82, 2.24) is 5.32 Å². The van der Waals surface area contributed by atoms with E-state index in [1.165, 1.54) is 19.1 Å². The van der Waals surface area contributed by atoms with Crippen LogP contribution in [0.2, 0.25) is 0 Å². The standard InChI is InChI=1S/C20H22FNO4/c1-3-12-25-18-10-6-16(7-11-18)20(24)26-14(2)19(23)22-13-15-4-8-17(21)9-5-15/h4-11,14H,3,12-13H2,1-2H3,(H,22,23)/t14-/m1/s1. The average molecular weight is 359 g/mol. The summed E-state index contributed by atoms with van der Waals surface area (Å²) < 4.78 is 23.5. The van der Waals surface area contributed by atoms with Crippen LogP contribution < -0.4 is 10.1 Å². The molecular formula is C20H22FNO4. The van der Waals surface area contributed by atoms with E-state index in [-0.39, 0.29) is 12.4 Å². The van der Waals surface area contributed by atoms with Crippen LogP contribution in [-0.4, -0.2) is 24.6 Å². The van der Waals surface area contributed by atoms with Crippen molar-refractivity contribution >= 4 is 11.9 Å². The van der Waals surface area contributed by atoms with Gasteiger partial charge in [-0.3, -0.25) is 4.79 Å². The minimum absolute atomic E-state index is 0.227. The fourth-order valence-electron chi connectivity index (χ4n) is 2.12. The SMILES string of the molecule is CCCOc1ccc(C(=O)O[C@H](C)C(=O)NCc2ccc(F)cc2)cc1. The second-order valence-corrected chi connectivity index (χ2v) is 5.76. The van der Waals surface area contributed by atoms with E-state index < -0.39 is 18.0 Å². The molecule has 138 valence electrons. The van der Waals surface area contributed by atoms with Crippen molar-refractivity contribution in [3.63, 3.8) is 0 Å². The molecule has 2 rings (SSSR count). The van der Waals surface area contributed by atoms with Gasteiger partial charge in [-0.05, 0) is 55.3 Å². The number of halogens is 1. The zero-order chi connectivity index (χ0) is 18.9. The Bertz CT molecular complexity index is 728. The van der Waals surface area contributed by atoms with Gasteiger partial charge in [0, 0.05) is 6.54 Å². The molecule has 1 amide bonds. The summed E-state index contributed by atoms with van der Waals surface area (Å²) in [6.07, 6.45) is -0.0482. The van der Waals surface area contributed by atoms with Crippen molar-refractivity contribution < 1.29 is 23.5 Å². The van der Waals surface area contributed by atoms with Crippen LogP contribution in [0, 0.1) is 5.82 Å². The van der Waals surface area contributed by atoms with E-state index in [0.29, 0.717) is 17.9 Å². The topological polar surface area (TPSA) is 64.6 Å². The number of nitrogens with one attached hydrogen (secondary N) is 1. The molecule has 1 atom stereocenters. The number of amides is 1. The summed E-state index contributed by atoms with van der Waals surface area (Å²) in [5, 5.41) is 2.65. The minimum Gasteiger partial charge on any atom is -0.494 e. The van der Waals surface area contributed by atoms with E-state index in [9.17, 15) is 14.0 Å². The molecule has 0 unspecified atom stereocenters. The molecule has 0 aliphatic rings. The number of esters is 1. The molecule has 1 N–H and O–H groups in total. The van der Waals surface area contributed by atoms with Crippen LogP contribution in [-0.2, 0) is 16.1 Å². The Hall–Kier alpha value is -2.89. The van der Waals surface area contributed by atoms with E-state index in [1.54, 1.807) is 36.4 Å². The number of ether oxygens (including phenoxy) is 2. The highest BCUT2D eigenvalue weighted by molar-refractivity contribution is 5.92. The largest absolute Gasteiger partial charge is 0.494 e. The van der Waals surface area contributed by atoms with Crippen LogP contribution in [0.1, 0.15) is 36.2 Å². The van der Waals surface area contributed by atoms with Gasteiger partial charge in [0.1, 0.15) is 11.6 Å². The highest BCUT2D eigenvalue weighted by Crippen LogP contribution is 2.14. The molecule has 26 heavy (non-hydrogen) atoms. The normalized spacial score (nSPS) is 11.5. The molecular weight excluding hydrogens is 337 g/mol. The molecule has 0 fully saturated rings. The van der Waals surface area contributed by atoms with Crippen LogP contribution in [0.5, 0.6) is 5.75 Å². The minimum atomic E-state index is -0.945. The fraction of sp³-hybridized carbons (Fsp3) is 0.300. The summed E-state index contributed by atoms with van der Waals surface area (Å²) in [6, 6.07) is 12.4. The molecule has 0 bridgehead atoms. The predicted molar refractivity (Wildman–Crippen MR) is 95.4 cm³/mol. The van der Waals surface area contributed by atoms with Gasteiger partial charge in [-0.25, -0.2) is 9.18 Å². The third-order valence-corrected chi connectivity index (χ3v) is 3.60. The number of hydrogen-bond donors (Lipinski definition) is 1. The van der Waals surface area contributed by atoms with Crippen LogP contribution >= 0.6 is 0 Å². The Labute approximate surface area is 152 Å². The maximum absolute atomic E-state index is 12.9. The first-order valence-corrected chi connectivity index (χ1v) is 8.45. The predicted octanol–water partition coefficient (Wildman–Crippen LogP) is 3.48. The average Bonchev–Trinajstić information content (AvgIpc) is 2.66. The molecule has 5 nitrogen and oxygen atoms in total. The molecule has 6 heteroatoms. The number of rotatable bonds is 8. The molecule has 2 aromatic rings. The molecule has 0 saturated heterocycles. The van der Waals surface area contributed by atoms with Crippen molar-refractivity contribution in [1.29, 1.82) is 0 Å². The summed E-state index contributed by atoms with van der Waals surface area (Å²) in [7, 11) is 0. The van der Waals surface area contributed by atoms with E-state index in [2.05, 4.69) is 5.32 Å². The molecule has 0 aromatic heterocycles. The van der Waals surface area contributed by atoms with E-state index in [4.69, 9.17) is 9.47 Å². The van der Waals surface area contributed by atoms with Gasteiger partial charge in [-0.1, -0.05) is 19.1 Å². The summed E-state index contributed by atoms with van der Waals surface area (Å²) in [6.45, 7) is 4.34. The summed E-state index contributed by atoms with van der Waals surface area (Å²) in [4.78, 5) is 24.2. The maximum Gasteiger partial charge on any atom is 0.338 e. The Morgan fingerprint density at radius 3 is 2.35 bits per heavy atom. The second-order valence-electron chi connectivity index (χ2n) is 5.76. The van der Waals surface area contributed by atoms with Gasteiger partial charge < -0.3 is 14.8 Å². The monoisotopic (exact) mass is 359 g/mol. The van der Waals surface area contributed by atoms with Gasteiger partial charge >= 0.3 is 5.97 Å². The second kappa shape index (κ2) is 9.56. The smallest absolute Gasteiger partial charge is 0.338 e. The Morgan fingerprint density at radius 2 is 1.73 bits per heavy atom. The molecule has 0 aliphatic carbocycles. The molecule has 2 aromatic carbocycles. The molecule has 0 saturated carbocycles. The lowest BCUT2D eigenvalue weighted by Crippen LogP contribution is -2.35. The van der Waals surface area contributed by atoms with Crippen molar-refractivity contribution in [2.45, 2.75) is 32.9 Å². The fourth-order valence-corrected chi connectivity index (χ4v) is 2.12. The van der Waals surface area contributed by atoms with Crippen molar-refractivity contribution in [3.8, 4) is 5.75 Å². The molecule has 0 aliphatic heterocycles. The van der Waals surface area contributed by atoms with Crippen molar-refractivity contribution in [3.05, 3.63) is 65.5 Å². The number of hydrogen-bond acceptors (Lipinski definition) is 4. The van der Waals surface area contributed by atoms with Gasteiger partial charge in [-0.2, -0.15) is 0 Å². The Morgan fingerprint density at radius 1 is 1.08 bits per heavy atom. The van der Waals surface area contributed by atoms with Gasteiger partial charge in [0.05, 0.1) is 12.2 Å². The Kier molecular flexibility index (Phi) is 7.14. The molecule has 0 radical (unpaired) electrons. The van der Waals surface area contributed by atoms with Crippen molar-refractivity contribution in [2.24, 2.45) is 0 Å². The first-order valence-electron chi connectivity index (χ1n) is 8.45. The lowest BCUT2D eigenvalue weighted by atomic mass is 10.2. The lowest BCUT2D eigenvalue weighted by molar-refractivity contribution is -0.129. The maximum atomic E-state index is 12.9. The van der Waals surface area contributed by atoms with Crippen LogP contribution in [0.4, 0.5) is 4.39 Å².